The van der Waals surface area contributed by atoms with Crippen molar-refractivity contribution in [2.45, 2.75) is 26.2 Å². The van der Waals surface area contributed by atoms with Gasteiger partial charge in [-0.25, -0.2) is 4.99 Å². The molecule has 1 heterocycles. The van der Waals surface area contributed by atoms with E-state index in [0.717, 1.165) is 43.1 Å². The number of amides is 1. The fraction of sp³-hybridized carbons (Fsp3) is 0.529. The lowest BCUT2D eigenvalue weighted by molar-refractivity contribution is -0.122. The van der Waals surface area contributed by atoms with Crippen LogP contribution in [0, 0.1) is 5.92 Å². The van der Waals surface area contributed by atoms with Gasteiger partial charge in [-0.2, -0.15) is 0 Å². The van der Waals surface area contributed by atoms with E-state index in [1.54, 1.807) is 6.26 Å². The standard InChI is InChI=1S/C17H26N4O2.HI/c1-13(2)12-21-17(19-8-7-15-4-3-11-23-15)20-10-9-18-16(22)14-5-6-14;/h3-4,11,14H,1,5-10,12H2,2H3,(H,18,22)(H2,19,20,21);1H. The second kappa shape index (κ2) is 11.1. The maximum Gasteiger partial charge on any atom is 0.223 e. The Kier molecular flexibility index (Phi) is 9.51. The van der Waals surface area contributed by atoms with Gasteiger partial charge in [0.2, 0.25) is 5.91 Å². The Morgan fingerprint density at radius 1 is 1.29 bits per heavy atom. The van der Waals surface area contributed by atoms with Crippen molar-refractivity contribution in [3.05, 3.63) is 36.3 Å². The summed E-state index contributed by atoms with van der Waals surface area (Å²) in [7, 11) is 0. The number of nitrogens with zero attached hydrogens (tertiary/aromatic N) is 1. The summed E-state index contributed by atoms with van der Waals surface area (Å²) in [6.07, 6.45) is 4.52. The molecule has 1 amide bonds. The van der Waals surface area contributed by atoms with E-state index in [1.165, 1.54) is 0 Å². The van der Waals surface area contributed by atoms with Gasteiger partial charge in [0.15, 0.2) is 5.96 Å². The Bertz CT molecular complexity index is 539. The fourth-order valence-electron chi connectivity index (χ4n) is 2.00. The van der Waals surface area contributed by atoms with Gasteiger partial charge in [0.05, 0.1) is 12.8 Å². The topological polar surface area (TPSA) is 78.7 Å². The molecule has 0 spiro atoms. The zero-order chi connectivity index (χ0) is 16.5. The Morgan fingerprint density at radius 2 is 2.00 bits per heavy atom. The zero-order valence-corrected chi connectivity index (χ0v) is 16.5. The number of nitrogens with one attached hydrogen (secondary N) is 3. The van der Waals surface area contributed by atoms with E-state index in [1.807, 2.05) is 19.1 Å². The molecule has 7 heteroatoms. The monoisotopic (exact) mass is 446 g/mol. The van der Waals surface area contributed by atoms with Crippen LogP contribution >= 0.6 is 24.0 Å². The summed E-state index contributed by atoms with van der Waals surface area (Å²) in [6.45, 7) is 8.34. The molecular weight excluding hydrogens is 419 g/mol. The first-order valence-corrected chi connectivity index (χ1v) is 8.12. The van der Waals surface area contributed by atoms with Gasteiger partial charge in [-0.05, 0) is 31.9 Å². The first-order valence-electron chi connectivity index (χ1n) is 8.12. The summed E-state index contributed by atoms with van der Waals surface area (Å²) < 4.78 is 5.30. The highest BCUT2D eigenvalue weighted by Crippen LogP contribution is 2.28. The highest BCUT2D eigenvalue weighted by atomic mass is 127. The van der Waals surface area contributed by atoms with Crippen molar-refractivity contribution in [2.24, 2.45) is 10.9 Å². The third kappa shape index (κ3) is 8.37. The molecule has 2 rings (SSSR count). The average Bonchev–Trinajstić information content (AvgIpc) is 3.25. The molecule has 0 aromatic carbocycles. The predicted octanol–water partition coefficient (Wildman–Crippen LogP) is 2.08. The van der Waals surface area contributed by atoms with E-state index in [4.69, 9.17) is 4.42 Å². The van der Waals surface area contributed by atoms with E-state index in [0.29, 0.717) is 19.6 Å². The molecule has 6 nitrogen and oxygen atoms in total. The van der Waals surface area contributed by atoms with Crippen LogP contribution in [0.15, 0.2) is 40.0 Å². The van der Waals surface area contributed by atoms with Crippen molar-refractivity contribution >= 4 is 35.8 Å². The van der Waals surface area contributed by atoms with E-state index in [-0.39, 0.29) is 35.8 Å². The van der Waals surface area contributed by atoms with Crippen molar-refractivity contribution in [3.8, 4) is 0 Å². The Labute approximate surface area is 160 Å². The first kappa shape index (κ1) is 20.5. The quantitative estimate of drug-likeness (QED) is 0.179. The second-order valence-corrected chi connectivity index (χ2v) is 5.87. The normalized spacial score (nSPS) is 13.8. The largest absolute Gasteiger partial charge is 0.469 e. The summed E-state index contributed by atoms with van der Waals surface area (Å²) in [6, 6.07) is 3.83. The molecule has 1 aliphatic carbocycles. The molecule has 1 fully saturated rings. The van der Waals surface area contributed by atoms with Crippen LogP contribution in [-0.4, -0.2) is 38.0 Å². The lowest BCUT2D eigenvalue weighted by Crippen LogP contribution is -2.42. The maximum absolute atomic E-state index is 11.6. The number of furan rings is 1. The second-order valence-electron chi connectivity index (χ2n) is 5.87. The fourth-order valence-corrected chi connectivity index (χ4v) is 2.00. The summed E-state index contributed by atoms with van der Waals surface area (Å²) in [5.74, 6) is 2.07. The zero-order valence-electron chi connectivity index (χ0n) is 14.1. The van der Waals surface area contributed by atoms with Crippen LogP contribution in [0.1, 0.15) is 25.5 Å². The minimum Gasteiger partial charge on any atom is -0.469 e. The average molecular weight is 446 g/mol. The molecule has 0 unspecified atom stereocenters. The molecule has 0 saturated heterocycles. The van der Waals surface area contributed by atoms with Gasteiger partial charge >= 0.3 is 0 Å². The van der Waals surface area contributed by atoms with Crippen molar-refractivity contribution in [2.75, 3.05) is 26.2 Å². The molecular formula is C17H27IN4O2. The molecule has 24 heavy (non-hydrogen) atoms. The Morgan fingerprint density at radius 3 is 2.62 bits per heavy atom. The van der Waals surface area contributed by atoms with Crippen LogP contribution in [0.3, 0.4) is 0 Å². The molecule has 1 aliphatic rings. The third-order valence-corrected chi connectivity index (χ3v) is 3.42. The molecule has 0 aliphatic heterocycles. The van der Waals surface area contributed by atoms with E-state index in [9.17, 15) is 4.79 Å². The number of aliphatic imine (C=N–C) groups is 1. The number of rotatable bonds is 9. The highest BCUT2D eigenvalue weighted by molar-refractivity contribution is 14.0. The van der Waals surface area contributed by atoms with Crippen LogP contribution in [-0.2, 0) is 11.2 Å². The summed E-state index contributed by atoms with van der Waals surface area (Å²) in [5.41, 5.74) is 0.999. The summed E-state index contributed by atoms with van der Waals surface area (Å²) >= 11 is 0. The molecule has 0 bridgehead atoms. The van der Waals surface area contributed by atoms with Gasteiger partial charge in [0.1, 0.15) is 5.76 Å². The predicted molar refractivity (Wildman–Crippen MR) is 107 cm³/mol. The number of guanidine groups is 1. The van der Waals surface area contributed by atoms with Crippen molar-refractivity contribution < 1.29 is 9.21 Å². The van der Waals surface area contributed by atoms with Crippen molar-refractivity contribution in [1.82, 2.24) is 16.0 Å². The third-order valence-electron chi connectivity index (χ3n) is 3.42. The first-order chi connectivity index (χ1) is 11.1. The summed E-state index contributed by atoms with van der Waals surface area (Å²) in [4.78, 5) is 16.0. The van der Waals surface area contributed by atoms with Gasteiger partial charge < -0.3 is 20.4 Å². The number of carbonyl (C=O) groups excluding carboxylic acids is 1. The number of hydrogen-bond donors (Lipinski definition) is 3. The smallest absolute Gasteiger partial charge is 0.223 e. The summed E-state index contributed by atoms with van der Waals surface area (Å²) in [5, 5.41) is 9.41. The van der Waals surface area contributed by atoms with Crippen LogP contribution in [0.2, 0.25) is 0 Å². The molecule has 1 aromatic heterocycles. The van der Waals surface area contributed by atoms with Crippen LogP contribution in [0.5, 0.6) is 0 Å². The SMILES string of the molecule is C=C(C)CN=C(NCCNC(=O)C1CC1)NCCc1ccco1.I. The molecule has 1 aromatic rings. The van der Waals surface area contributed by atoms with Crippen molar-refractivity contribution in [3.63, 3.8) is 0 Å². The molecule has 3 N–H and O–H groups in total. The minimum absolute atomic E-state index is 0. The lowest BCUT2D eigenvalue weighted by Gasteiger charge is -2.13. The van der Waals surface area contributed by atoms with Gasteiger partial charge in [-0.1, -0.05) is 12.2 Å². The van der Waals surface area contributed by atoms with Gasteiger partial charge in [-0.15, -0.1) is 24.0 Å². The highest BCUT2D eigenvalue weighted by Gasteiger charge is 2.28. The Balaban J connectivity index is 0.00000288. The Hall–Kier alpha value is -1.51. The van der Waals surface area contributed by atoms with Crippen molar-refractivity contribution in [1.29, 1.82) is 0 Å². The number of carbonyl (C=O) groups is 1. The van der Waals surface area contributed by atoms with E-state index < -0.39 is 0 Å². The van der Waals surface area contributed by atoms with Gasteiger partial charge in [-0.3, -0.25) is 4.79 Å². The maximum atomic E-state index is 11.6. The van der Waals surface area contributed by atoms with E-state index in [2.05, 4.69) is 27.5 Å². The van der Waals surface area contributed by atoms with Crippen LogP contribution in [0.25, 0.3) is 0 Å². The molecule has 0 atom stereocenters. The minimum atomic E-state index is 0. The number of hydrogen-bond acceptors (Lipinski definition) is 3. The van der Waals surface area contributed by atoms with Gasteiger partial charge in [0, 0.05) is 32.0 Å². The molecule has 1 saturated carbocycles. The number of halogens is 1. The van der Waals surface area contributed by atoms with Crippen LogP contribution in [0.4, 0.5) is 0 Å². The molecule has 0 radical (unpaired) electrons. The van der Waals surface area contributed by atoms with Gasteiger partial charge in [0.25, 0.3) is 0 Å². The van der Waals surface area contributed by atoms with E-state index >= 15 is 0 Å². The molecule has 134 valence electrons. The lowest BCUT2D eigenvalue weighted by atomic mass is 10.3. The van der Waals surface area contributed by atoms with Crippen LogP contribution < -0.4 is 16.0 Å².